The molecule has 30 heavy (non-hydrogen) atoms. The first-order valence-electron chi connectivity index (χ1n) is 8.55. The number of alkyl halides is 6. The highest BCUT2D eigenvalue weighted by molar-refractivity contribution is 6.31. The summed E-state index contributed by atoms with van der Waals surface area (Å²) in [6.45, 7) is 2.84. The molecule has 1 amide bonds. The van der Waals surface area contributed by atoms with E-state index in [0.29, 0.717) is 0 Å². The number of hydrogen-bond donors (Lipinski definition) is 2. The third kappa shape index (κ3) is 4.58. The van der Waals surface area contributed by atoms with Gasteiger partial charge in [0.1, 0.15) is 5.75 Å². The van der Waals surface area contributed by atoms with Gasteiger partial charge >= 0.3 is 18.0 Å². The molecule has 0 aliphatic heterocycles. The first kappa shape index (κ1) is 23.7. The van der Waals surface area contributed by atoms with Gasteiger partial charge < -0.3 is 15.4 Å². The zero-order valence-corrected chi connectivity index (χ0v) is 16.5. The van der Waals surface area contributed by atoms with E-state index in [0.717, 1.165) is 17.4 Å². The summed E-state index contributed by atoms with van der Waals surface area (Å²) in [5.41, 5.74) is -5.87. The number of hydrogen-bond acceptors (Lipinski definition) is 3. The molecule has 4 nitrogen and oxygen atoms in total. The molecule has 0 aliphatic rings. The van der Waals surface area contributed by atoms with Crippen molar-refractivity contribution in [3.63, 3.8) is 0 Å². The molecule has 0 heterocycles. The number of rotatable bonds is 6. The minimum absolute atomic E-state index is 0.0495. The van der Waals surface area contributed by atoms with Gasteiger partial charge in [0.15, 0.2) is 0 Å². The van der Waals surface area contributed by atoms with Crippen LogP contribution in [0.2, 0.25) is 5.02 Å². The molecule has 0 bridgehead atoms. The number of para-hydroxylation sites is 1. The Kier molecular flexibility index (Phi) is 6.80. The molecule has 11 heteroatoms. The van der Waals surface area contributed by atoms with E-state index >= 15 is 0 Å². The van der Waals surface area contributed by atoms with E-state index in [9.17, 15) is 31.1 Å². The molecule has 0 spiro atoms. The first-order chi connectivity index (χ1) is 13.8. The van der Waals surface area contributed by atoms with Gasteiger partial charge in [0.25, 0.3) is 5.91 Å². The summed E-state index contributed by atoms with van der Waals surface area (Å²) in [6.07, 6.45) is -11.9. The third-order valence-corrected chi connectivity index (χ3v) is 4.58. The Morgan fingerprint density at radius 3 is 2.17 bits per heavy atom. The van der Waals surface area contributed by atoms with Crippen LogP contribution in [0.5, 0.6) is 5.75 Å². The fourth-order valence-electron chi connectivity index (χ4n) is 2.59. The second kappa shape index (κ2) is 8.63. The van der Waals surface area contributed by atoms with Crippen LogP contribution in [0.4, 0.5) is 32.0 Å². The smallest absolute Gasteiger partial charge is 0.439 e. The maximum Gasteiger partial charge on any atom is 0.439 e. The highest BCUT2D eigenvalue weighted by Gasteiger charge is 2.72. The van der Waals surface area contributed by atoms with Crippen LogP contribution in [0.25, 0.3) is 0 Å². The number of ether oxygens (including phenoxy) is 1. The van der Waals surface area contributed by atoms with E-state index in [2.05, 4.69) is 0 Å². The van der Waals surface area contributed by atoms with Crippen LogP contribution in [0.3, 0.4) is 0 Å². The average molecular weight is 455 g/mol. The largest absolute Gasteiger partial charge is 0.493 e. The number of anilines is 1. The number of carbonyl (C=O) groups is 1. The van der Waals surface area contributed by atoms with Gasteiger partial charge in [-0.3, -0.25) is 4.79 Å². The molecular weight excluding hydrogens is 438 g/mol. The topological polar surface area (TPSA) is 50.4 Å². The van der Waals surface area contributed by atoms with Crippen molar-refractivity contribution >= 4 is 23.2 Å². The number of carbonyl (C=O) groups excluding carboxylic acids is 1. The Balaban J connectivity index is 2.59. The lowest BCUT2D eigenvalue weighted by atomic mass is 10.0. The summed E-state index contributed by atoms with van der Waals surface area (Å²) >= 11 is 5.82. The van der Waals surface area contributed by atoms with Crippen molar-refractivity contribution in [1.29, 1.82) is 0 Å². The molecule has 2 aromatic carbocycles. The van der Waals surface area contributed by atoms with Gasteiger partial charge in [-0.25, -0.2) is 0 Å². The molecule has 0 aliphatic carbocycles. The van der Waals surface area contributed by atoms with Gasteiger partial charge in [-0.15, -0.1) is 0 Å². The van der Waals surface area contributed by atoms with Crippen molar-refractivity contribution in [1.82, 2.24) is 5.32 Å². The number of benzene rings is 2. The molecule has 164 valence electrons. The van der Waals surface area contributed by atoms with Crippen LogP contribution in [-0.4, -0.2) is 30.5 Å². The van der Waals surface area contributed by atoms with E-state index < -0.39 is 35.2 Å². The lowest BCUT2D eigenvalue weighted by Crippen LogP contribution is -2.72. The van der Waals surface area contributed by atoms with Crippen molar-refractivity contribution in [2.24, 2.45) is 0 Å². The van der Waals surface area contributed by atoms with Gasteiger partial charge in [-0.2, -0.15) is 26.3 Å². The van der Waals surface area contributed by atoms with E-state index in [1.165, 1.54) is 42.6 Å². The summed E-state index contributed by atoms with van der Waals surface area (Å²) in [4.78, 5) is 12.5. The molecule has 0 radical (unpaired) electrons. The Morgan fingerprint density at radius 1 is 1.00 bits per heavy atom. The average Bonchev–Trinajstić information content (AvgIpc) is 2.63. The molecule has 2 N–H and O–H groups in total. The molecule has 0 fully saturated rings. The third-order valence-electron chi connectivity index (χ3n) is 4.17. The highest BCUT2D eigenvalue weighted by Crippen LogP contribution is 2.44. The first-order valence-corrected chi connectivity index (χ1v) is 8.93. The van der Waals surface area contributed by atoms with Crippen molar-refractivity contribution in [2.75, 3.05) is 11.9 Å². The summed E-state index contributed by atoms with van der Waals surface area (Å²) in [5.74, 6) is -1.78. The Labute approximate surface area is 173 Å². The van der Waals surface area contributed by atoms with Crippen LogP contribution in [0.15, 0.2) is 42.5 Å². The maximum absolute atomic E-state index is 13.9. The number of nitrogens with one attached hydrogen (secondary N) is 2. The standard InChI is InChI=1S/C19H17ClF6N2O2/c1-3-30-15-10-5-4-7-12(15)16(29)28-17(18(21,22)23,19(24,25)26)27-14-9-6-8-13(20)11(14)2/h4-10,27H,3H2,1-2H3,(H,28,29). The van der Waals surface area contributed by atoms with Crippen molar-refractivity contribution in [2.45, 2.75) is 31.9 Å². The van der Waals surface area contributed by atoms with Gasteiger partial charge in [-0.1, -0.05) is 29.8 Å². The molecule has 0 saturated heterocycles. The van der Waals surface area contributed by atoms with E-state index in [1.807, 2.05) is 0 Å². The SMILES string of the molecule is CCOc1ccccc1C(=O)NC(Nc1cccc(Cl)c1C)(C(F)(F)F)C(F)(F)F. The molecule has 0 atom stereocenters. The molecule has 0 unspecified atom stereocenters. The van der Waals surface area contributed by atoms with Gasteiger partial charge in [-0.05, 0) is 43.7 Å². The maximum atomic E-state index is 13.9. The van der Waals surface area contributed by atoms with E-state index in [1.54, 1.807) is 6.92 Å². The zero-order chi connectivity index (χ0) is 22.7. The molecule has 2 aromatic rings. The fraction of sp³-hybridized carbons (Fsp3) is 0.316. The zero-order valence-electron chi connectivity index (χ0n) is 15.7. The van der Waals surface area contributed by atoms with Gasteiger partial charge in [0.2, 0.25) is 0 Å². The summed E-state index contributed by atoms with van der Waals surface area (Å²) in [5, 5.41) is 2.47. The quantitative estimate of drug-likeness (QED) is 0.434. The summed E-state index contributed by atoms with van der Waals surface area (Å²) < 4.78 is 88.2. The Bertz CT molecular complexity index is 901. The molecule has 0 saturated carbocycles. The molecule has 0 aromatic heterocycles. The van der Waals surface area contributed by atoms with Gasteiger partial charge in [0, 0.05) is 10.7 Å². The normalized spacial score (nSPS) is 12.4. The lowest BCUT2D eigenvalue weighted by molar-refractivity contribution is -0.294. The minimum atomic E-state index is -5.96. The Morgan fingerprint density at radius 2 is 1.60 bits per heavy atom. The molecule has 2 rings (SSSR count). The van der Waals surface area contributed by atoms with Crippen LogP contribution < -0.4 is 15.4 Å². The van der Waals surface area contributed by atoms with E-state index in [4.69, 9.17) is 16.3 Å². The van der Waals surface area contributed by atoms with Crippen LogP contribution in [0.1, 0.15) is 22.8 Å². The predicted molar refractivity (Wildman–Crippen MR) is 99.7 cm³/mol. The van der Waals surface area contributed by atoms with Crippen molar-refractivity contribution in [3.8, 4) is 5.75 Å². The second-order valence-corrected chi connectivity index (χ2v) is 6.57. The second-order valence-electron chi connectivity index (χ2n) is 6.17. The monoisotopic (exact) mass is 454 g/mol. The Hall–Kier alpha value is -2.62. The summed E-state index contributed by atoms with van der Waals surface area (Å²) in [6, 6.07) is 8.51. The number of amides is 1. The van der Waals surface area contributed by atoms with Crippen LogP contribution >= 0.6 is 11.6 Å². The van der Waals surface area contributed by atoms with Crippen molar-refractivity contribution < 1.29 is 35.9 Å². The van der Waals surface area contributed by atoms with Gasteiger partial charge in [0.05, 0.1) is 12.2 Å². The summed E-state index contributed by atoms with van der Waals surface area (Å²) in [7, 11) is 0. The van der Waals surface area contributed by atoms with Crippen LogP contribution in [0, 0.1) is 6.92 Å². The van der Waals surface area contributed by atoms with Crippen molar-refractivity contribution in [3.05, 3.63) is 58.6 Å². The molecular formula is C19H17ClF6N2O2. The fourth-order valence-corrected chi connectivity index (χ4v) is 2.77. The highest BCUT2D eigenvalue weighted by atomic mass is 35.5. The predicted octanol–water partition coefficient (Wildman–Crippen LogP) is 5.71. The lowest BCUT2D eigenvalue weighted by Gasteiger charge is -2.39. The van der Waals surface area contributed by atoms with Crippen LogP contribution in [-0.2, 0) is 0 Å². The van der Waals surface area contributed by atoms with E-state index in [-0.39, 0.29) is 22.9 Å². The number of halogens is 7. The minimum Gasteiger partial charge on any atom is -0.493 e.